The van der Waals surface area contributed by atoms with E-state index < -0.39 is 18.1 Å². The summed E-state index contributed by atoms with van der Waals surface area (Å²) in [6, 6.07) is -2.03. The normalized spacial score (nSPS) is 26.2. The molecule has 2 aliphatic heterocycles. The molecule has 4 N–H and O–H groups in total. The van der Waals surface area contributed by atoms with Crippen molar-refractivity contribution in [2.45, 2.75) is 64.7 Å². The van der Waals surface area contributed by atoms with Crippen LogP contribution in [0.3, 0.4) is 0 Å². The van der Waals surface area contributed by atoms with Crippen LogP contribution in [0.5, 0.6) is 0 Å². The van der Waals surface area contributed by atoms with E-state index in [1.54, 1.807) is 9.80 Å². The molecule has 4 unspecified atom stereocenters. The predicted molar refractivity (Wildman–Crippen MR) is 90.9 cm³/mol. The van der Waals surface area contributed by atoms with Crippen LogP contribution in [0.2, 0.25) is 0 Å². The van der Waals surface area contributed by atoms with Gasteiger partial charge in [0.2, 0.25) is 11.8 Å². The van der Waals surface area contributed by atoms with Gasteiger partial charge in [0.05, 0.1) is 24.7 Å². The molecule has 24 heavy (non-hydrogen) atoms. The number of amides is 2. The van der Waals surface area contributed by atoms with E-state index in [0.29, 0.717) is 25.3 Å². The molecule has 7 nitrogen and oxygen atoms in total. The number of carbonyl (C=O) groups excluding carboxylic acids is 3. The number of carbonyl (C=O) groups is 3. The summed E-state index contributed by atoms with van der Waals surface area (Å²) in [4.78, 5) is 40.8. The zero-order valence-electron chi connectivity index (χ0n) is 15.1. The largest absolute Gasteiger partial charge is 0.329 e. The van der Waals surface area contributed by atoms with E-state index in [9.17, 15) is 14.4 Å². The van der Waals surface area contributed by atoms with E-state index in [4.69, 9.17) is 11.5 Å². The predicted octanol–water partition coefficient (Wildman–Crippen LogP) is -0.276. The van der Waals surface area contributed by atoms with E-state index in [2.05, 4.69) is 0 Å². The standard InChI is InChI=1S/C17H30N4O3/c1-9(2)7-11(18)16(23)20-6-5-12-15(20)13(22)8-21(12)17(24)14(19)10(3)4/h9-12,14-15H,5-8,18-19H2,1-4H3. The summed E-state index contributed by atoms with van der Waals surface area (Å²) in [5, 5.41) is 0. The smallest absolute Gasteiger partial charge is 0.240 e. The maximum absolute atomic E-state index is 12.6. The van der Waals surface area contributed by atoms with Crippen LogP contribution in [-0.2, 0) is 14.4 Å². The highest BCUT2D eigenvalue weighted by Crippen LogP contribution is 2.31. The summed E-state index contributed by atoms with van der Waals surface area (Å²) in [5.41, 5.74) is 12.0. The maximum Gasteiger partial charge on any atom is 0.240 e. The molecule has 0 aromatic carbocycles. The number of Topliss-reactive ketones (excluding diaryl/α,β-unsaturated/α-hetero) is 1. The van der Waals surface area contributed by atoms with Crippen molar-refractivity contribution in [3.63, 3.8) is 0 Å². The molecule has 2 amide bonds. The number of hydrogen-bond donors (Lipinski definition) is 2. The first-order valence-corrected chi connectivity index (χ1v) is 8.80. The SMILES string of the molecule is CC(C)CC(N)C(=O)N1CCC2C1C(=O)CN2C(=O)C(N)C(C)C. The van der Waals surface area contributed by atoms with Gasteiger partial charge in [-0.2, -0.15) is 0 Å². The Balaban J connectivity index is 2.12. The van der Waals surface area contributed by atoms with Crippen LogP contribution < -0.4 is 11.5 Å². The van der Waals surface area contributed by atoms with E-state index in [0.717, 1.165) is 0 Å². The van der Waals surface area contributed by atoms with Gasteiger partial charge in [0.25, 0.3) is 0 Å². The van der Waals surface area contributed by atoms with Crippen molar-refractivity contribution in [2.24, 2.45) is 23.3 Å². The summed E-state index contributed by atoms with van der Waals surface area (Å²) in [6.45, 7) is 8.29. The summed E-state index contributed by atoms with van der Waals surface area (Å²) in [5.74, 6) is -0.167. The summed E-state index contributed by atoms with van der Waals surface area (Å²) in [7, 11) is 0. The highest BCUT2D eigenvalue weighted by atomic mass is 16.2. The molecule has 0 bridgehead atoms. The molecular formula is C17H30N4O3. The van der Waals surface area contributed by atoms with Crippen molar-refractivity contribution in [3.05, 3.63) is 0 Å². The fourth-order valence-corrected chi connectivity index (χ4v) is 3.66. The molecule has 4 atom stereocenters. The van der Waals surface area contributed by atoms with E-state index in [1.165, 1.54) is 0 Å². The lowest BCUT2D eigenvalue weighted by atomic mass is 10.0. The van der Waals surface area contributed by atoms with E-state index in [-0.39, 0.29) is 36.1 Å². The minimum Gasteiger partial charge on any atom is -0.329 e. The van der Waals surface area contributed by atoms with E-state index >= 15 is 0 Å². The Morgan fingerprint density at radius 2 is 1.75 bits per heavy atom. The number of rotatable bonds is 5. The van der Waals surface area contributed by atoms with Gasteiger partial charge in [0.1, 0.15) is 6.04 Å². The molecule has 2 fully saturated rings. The maximum atomic E-state index is 12.6. The van der Waals surface area contributed by atoms with Crippen LogP contribution in [0.1, 0.15) is 40.5 Å². The van der Waals surface area contributed by atoms with Crippen LogP contribution >= 0.6 is 0 Å². The lowest BCUT2D eigenvalue weighted by Crippen LogP contribution is -2.51. The minimum absolute atomic E-state index is 0.00486. The molecule has 2 saturated heterocycles. The fourth-order valence-electron chi connectivity index (χ4n) is 3.66. The zero-order chi connectivity index (χ0) is 18.2. The second kappa shape index (κ2) is 7.19. The average molecular weight is 338 g/mol. The first-order valence-electron chi connectivity index (χ1n) is 8.80. The van der Waals surface area contributed by atoms with Gasteiger partial charge < -0.3 is 21.3 Å². The van der Waals surface area contributed by atoms with Crippen molar-refractivity contribution in [2.75, 3.05) is 13.1 Å². The third-order valence-corrected chi connectivity index (χ3v) is 5.03. The Bertz CT molecular complexity index is 520. The molecule has 136 valence electrons. The Morgan fingerprint density at radius 1 is 1.12 bits per heavy atom. The van der Waals surface area contributed by atoms with Crippen molar-refractivity contribution < 1.29 is 14.4 Å². The molecule has 0 aromatic rings. The summed E-state index contributed by atoms with van der Waals surface area (Å²) >= 11 is 0. The van der Waals surface area contributed by atoms with Crippen molar-refractivity contribution in [1.82, 2.24) is 9.80 Å². The van der Waals surface area contributed by atoms with Crippen molar-refractivity contribution >= 4 is 17.6 Å². The Labute approximate surface area is 143 Å². The lowest BCUT2D eigenvalue weighted by molar-refractivity contribution is -0.137. The number of likely N-dealkylation sites (tertiary alicyclic amines) is 2. The molecule has 0 aromatic heterocycles. The monoisotopic (exact) mass is 338 g/mol. The number of nitrogens with two attached hydrogens (primary N) is 2. The Hall–Kier alpha value is -1.47. The molecule has 0 saturated carbocycles. The van der Waals surface area contributed by atoms with Gasteiger partial charge in [-0.15, -0.1) is 0 Å². The Kier molecular flexibility index (Phi) is 5.65. The second-order valence-electron chi connectivity index (χ2n) is 7.77. The van der Waals surface area contributed by atoms with Gasteiger partial charge in [0.15, 0.2) is 5.78 Å². The van der Waals surface area contributed by atoms with Gasteiger partial charge in [-0.25, -0.2) is 0 Å². The first kappa shape index (κ1) is 18.9. The molecule has 2 rings (SSSR count). The quantitative estimate of drug-likeness (QED) is 0.717. The number of fused-ring (bicyclic) bond motifs is 1. The van der Waals surface area contributed by atoms with Crippen LogP contribution in [-0.4, -0.2) is 64.7 Å². The average Bonchev–Trinajstić information content (AvgIpc) is 3.06. The van der Waals surface area contributed by atoms with Crippen LogP contribution in [0.25, 0.3) is 0 Å². The number of ketones is 1. The van der Waals surface area contributed by atoms with E-state index in [1.807, 2.05) is 27.7 Å². The molecule has 0 spiro atoms. The van der Waals surface area contributed by atoms with Crippen LogP contribution in [0.4, 0.5) is 0 Å². The highest BCUT2D eigenvalue weighted by Gasteiger charge is 2.52. The third-order valence-electron chi connectivity index (χ3n) is 5.03. The van der Waals surface area contributed by atoms with Crippen LogP contribution in [0, 0.1) is 11.8 Å². The molecule has 7 heteroatoms. The fraction of sp³-hybridized carbons (Fsp3) is 0.824. The second-order valence-corrected chi connectivity index (χ2v) is 7.77. The lowest BCUT2D eigenvalue weighted by Gasteiger charge is -2.28. The molecular weight excluding hydrogens is 308 g/mol. The van der Waals surface area contributed by atoms with Crippen molar-refractivity contribution in [3.8, 4) is 0 Å². The Morgan fingerprint density at radius 3 is 2.29 bits per heavy atom. The number of hydrogen-bond acceptors (Lipinski definition) is 5. The topological polar surface area (TPSA) is 110 Å². The van der Waals surface area contributed by atoms with Crippen molar-refractivity contribution in [1.29, 1.82) is 0 Å². The van der Waals surface area contributed by atoms with Gasteiger partial charge in [0, 0.05) is 6.54 Å². The van der Waals surface area contributed by atoms with Gasteiger partial charge in [-0.3, -0.25) is 14.4 Å². The first-order chi connectivity index (χ1) is 11.1. The van der Waals surface area contributed by atoms with Gasteiger partial charge >= 0.3 is 0 Å². The summed E-state index contributed by atoms with van der Waals surface area (Å²) < 4.78 is 0. The molecule has 2 aliphatic rings. The van der Waals surface area contributed by atoms with Gasteiger partial charge in [-0.1, -0.05) is 27.7 Å². The molecule has 0 aliphatic carbocycles. The molecule has 0 radical (unpaired) electrons. The zero-order valence-corrected chi connectivity index (χ0v) is 15.1. The molecule has 2 heterocycles. The van der Waals surface area contributed by atoms with Crippen LogP contribution in [0.15, 0.2) is 0 Å². The van der Waals surface area contributed by atoms with Gasteiger partial charge in [-0.05, 0) is 24.7 Å². The minimum atomic E-state index is -0.621. The summed E-state index contributed by atoms with van der Waals surface area (Å²) in [6.07, 6.45) is 1.19. The third kappa shape index (κ3) is 3.47. The number of nitrogens with zero attached hydrogens (tertiary/aromatic N) is 2. The highest BCUT2D eigenvalue weighted by molar-refractivity contribution is 5.99.